The Bertz CT molecular complexity index is 1030. The molecular formula is C23H21BrN2O3. The number of hydrogen-bond donors (Lipinski definition) is 1. The molecule has 2 aromatic carbocycles. The first kappa shape index (κ1) is 22.1. The molecule has 5 nitrogen and oxygen atoms in total. The maximum Gasteiger partial charge on any atom is 0.266 e. The molecule has 0 aliphatic heterocycles. The van der Waals surface area contributed by atoms with Crippen LogP contribution < -0.4 is 14.8 Å². The number of nitrogens with zero attached hydrogens (tertiary/aromatic N) is 1. The van der Waals surface area contributed by atoms with Crippen LogP contribution in [0.3, 0.4) is 0 Å². The lowest BCUT2D eigenvalue weighted by atomic mass is 10.1. The van der Waals surface area contributed by atoms with Gasteiger partial charge >= 0.3 is 0 Å². The molecule has 1 N–H and O–H groups in total. The van der Waals surface area contributed by atoms with Crippen molar-refractivity contribution in [1.29, 1.82) is 5.26 Å². The fourth-order valence-corrected chi connectivity index (χ4v) is 2.98. The van der Waals surface area contributed by atoms with E-state index in [-0.39, 0.29) is 12.2 Å². The van der Waals surface area contributed by atoms with Gasteiger partial charge in [0.15, 0.2) is 11.5 Å². The average Bonchev–Trinajstić information content (AvgIpc) is 2.70. The van der Waals surface area contributed by atoms with Crippen molar-refractivity contribution in [2.45, 2.75) is 20.8 Å². The minimum atomic E-state index is -0.487. The zero-order valence-electron chi connectivity index (χ0n) is 16.5. The number of terminal acetylenes is 1. The number of halogens is 1. The Morgan fingerprint density at radius 2 is 2.00 bits per heavy atom. The second kappa shape index (κ2) is 10.4. The van der Waals surface area contributed by atoms with Gasteiger partial charge in [-0.05, 0) is 61.7 Å². The van der Waals surface area contributed by atoms with E-state index >= 15 is 0 Å². The van der Waals surface area contributed by atoms with Crippen molar-refractivity contribution in [3.8, 4) is 29.9 Å². The second-order valence-electron chi connectivity index (χ2n) is 6.12. The Kier molecular flexibility index (Phi) is 7.88. The molecule has 2 rings (SSSR count). The standard InChI is InChI=1S/C23H21BrN2O3/c1-5-10-29-22-13-19(24)17(12-21(22)28-6-2)11-18(14-25)23(27)26-20-9-7-8-15(3)16(20)4/h1,7-9,11-13H,6,10H2,2-4H3,(H,26,27)/b18-11+. The van der Waals surface area contributed by atoms with Gasteiger partial charge in [0.2, 0.25) is 0 Å². The van der Waals surface area contributed by atoms with Crippen LogP contribution in [0.5, 0.6) is 11.5 Å². The SMILES string of the molecule is C#CCOc1cc(Br)c(/C=C(\C#N)C(=O)Nc2cccc(C)c2C)cc1OCC. The molecule has 0 atom stereocenters. The van der Waals surface area contributed by atoms with E-state index in [0.29, 0.717) is 33.8 Å². The van der Waals surface area contributed by atoms with Crippen LogP contribution in [0.1, 0.15) is 23.6 Å². The van der Waals surface area contributed by atoms with Gasteiger partial charge in [0, 0.05) is 10.2 Å². The fourth-order valence-electron chi connectivity index (χ4n) is 2.54. The normalized spacial score (nSPS) is 10.6. The highest BCUT2D eigenvalue weighted by Gasteiger charge is 2.15. The third-order valence-corrected chi connectivity index (χ3v) is 4.88. The summed E-state index contributed by atoms with van der Waals surface area (Å²) in [5.41, 5.74) is 3.24. The zero-order valence-corrected chi connectivity index (χ0v) is 18.1. The van der Waals surface area contributed by atoms with Crippen LogP contribution in [-0.2, 0) is 4.79 Å². The van der Waals surface area contributed by atoms with E-state index < -0.39 is 5.91 Å². The molecule has 0 aliphatic rings. The molecule has 2 aromatic rings. The Morgan fingerprint density at radius 3 is 2.66 bits per heavy atom. The number of rotatable bonds is 7. The lowest BCUT2D eigenvalue weighted by Gasteiger charge is -2.13. The molecule has 1 amide bonds. The summed E-state index contributed by atoms with van der Waals surface area (Å²) in [6.45, 7) is 6.25. The predicted octanol–water partition coefficient (Wildman–Crippen LogP) is 5.02. The summed E-state index contributed by atoms with van der Waals surface area (Å²) in [7, 11) is 0. The van der Waals surface area contributed by atoms with Crippen molar-refractivity contribution in [2.24, 2.45) is 0 Å². The third-order valence-electron chi connectivity index (χ3n) is 4.19. The summed E-state index contributed by atoms with van der Waals surface area (Å²) in [6, 6.07) is 11.0. The number of hydrogen-bond acceptors (Lipinski definition) is 4. The van der Waals surface area contributed by atoms with Gasteiger partial charge in [-0.3, -0.25) is 4.79 Å². The number of anilines is 1. The van der Waals surface area contributed by atoms with Crippen LogP contribution in [0.25, 0.3) is 6.08 Å². The average molecular weight is 453 g/mol. The van der Waals surface area contributed by atoms with E-state index in [1.807, 2.05) is 39.0 Å². The summed E-state index contributed by atoms with van der Waals surface area (Å²) < 4.78 is 11.7. The molecule has 29 heavy (non-hydrogen) atoms. The highest BCUT2D eigenvalue weighted by Crippen LogP contribution is 2.35. The molecule has 0 saturated heterocycles. The Labute approximate surface area is 179 Å². The van der Waals surface area contributed by atoms with Gasteiger partial charge in [-0.25, -0.2) is 0 Å². The van der Waals surface area contributed by atoms with Crippen LogP contribution in [-0.4, -0.2) is 19.1 Å². The summed E-state index contributed by atoms with van der Waals surface area (Å²) in [5, 5.41) is 12.3. The maximum absolute atomic E-state index is 12.6. The second-order valence-corrected chi connectivity index (χ2v) is 6.97. The number of benzene rings is 2. The fraction of sp³-hybridized carbons (Fsp3) is 0.217. The predicted molar refractivity (Wildman–Crippen MR) is 118 cm³/mol. The monoisotopic (exact) mass is 452 g/mol. The van der Waals surface area contributed by atoms with Crippen molar-refractivity contribution >= 4 is 33.6 Å². The number of nitriles is 1. The summed E-state index contributed by atoms with van der Waals surface area (Å²) in [5.74, 6) is 2.87. The molecule has 0 fully saturated rings. The number of carbonyl (C=O) groups is 1. The van der Waals surface area contributed by atoms with Crippen molar-refractivity contribution in [3.05, 3.63) is 57.1 Å². The molecule has 6 heteroatoms. The van der Waals surface area contributed by atoms with E-state index in [1.54, 1.807) is 18.2 Å². The van der Waals surface area contributed by atoms with E-state index in [9.17, 15) is 10.1 Å². The molecule has 148 valence electrons. The summed E-state index contributed by atoms with van der Waals surface area (Å²) in [4.78, 5) is 12.6. The highest BCUT2D eigenvalue weighted by atomic mass is 79.9. The number of ether oxygens (including phenoxy) is 2. The quantitative estimate of drug-likeness (QED) is 0.363. The van der Waals surface area contributed by atoms with Gasteiger partial charge in [-0.15, -0.1) is 6.42 Å². The number of aryl methyl sites for hydroxylation is 1. The number of amides is 1. The largest absolute Gasteiger partial charge is 0.490 e. The summed E-state index contributed by atoms with van der Waals surface area (Å²) in [6.07, 6.45) is 6.75. The van der Waals surface area contributed by atoms with Gasteiger partial charge in [-0.1, -0.05) is 34.0 Å². The molecule has 0 bridgehead atoms. The Balaban J connectivity index is 2.37. The van der Waals surface area contributed by atoms with Gasteiger partial charge < -0.3 is 14.8 Å². The van der Waals surface area contributed by atoms with Crippen molar-refractivity contribution in [1.82, 2.24) is 0 Å². The first-order valence-corrected chi connectivity index (χ1v) is 9.72. The lowest BCUT2D eigenvalue weighted by molar-refractivity contribution is -0.112. The summed E-state index contributed by atoms with van der Waals surface area (Å²) >= 11 is 3.45. The van der Waals surface area contributed by atoms with Crippen molar-refractivity contribution in [2.75, 3.05) is 18.5 Å². The first-order valence-electron chi connectivity index (χ1n) is 8.93. The third kappa shape index (κ3) is 5.63. The number of nitrogens with one attached hydrogen (secondary N) is 1. The first-order chi connectivity index (χ1) is 13.9. The molecule has 0 radical (unpaired) electrons. The molecule has 0 heterocycles. The van der Waals surface area contributed by atoms with Crippen LogP contribution in [0.15, 0.2) is 40.4 Å². The Morgan fingerprint density at radius 1 is 1.28 bits per heavy atom. The van der Waals surface area contributed by atoms with Gasteiger partial charge in [-0.2, -0.15) is 5.26 Å². The molecule has 0 spiro atoms. The smallest absolute Gasteiger partial charge is 0.266 e. The van der Waals surface area contributed by atoms with E-state index in [0.717, 1.165) is 11.1 Å². The minimum absolute atomic E-state index is 0.0358. The van der Waals surface area contributed by atoms with Gasteiger partial charge in [0.1, 0.15) is 18.2 Å². The van der Waals surface area contributed by atoms with Crippen LogP contribution >= 0.6 is 15.9 Å². The van der Waals surface area contributed by atoms with Crippen LogP contribution in [0.2, 0.25) is 0 Å². The highest BCUT2D eigenvalue weighted by molar-refractivity contribution is 9.10. The maximum atomic E-state index is 12.6. The number of carbonyl (C=O) groups excluding carboxylic acids is 1. The molecule has 0 aromatic heterocycles. The molecule has 0 aliphatic carbocycles. The van der Waals surface area contributed by atoms with Crippen molar-refractivity contribution in [3.63, 3.8) is 0 Å². The molecular weight excluding hydrogens is 432 g/mol. The van der Waals surface area contributed by atoms with Crippen LogP contribution in [0.4, 0.5) is 5.69 Å². The Hall–Kier alpha value is -3.22. The lowest BCUT2D eigenvalue weighted by Crippen LogP contribution is -2.14. The van der Waals surface area contributed by atoms with Crippen LogP contribution in [0, 0.1) is 37.5 Å². The molecule has 0 unspecified atom stereocenters. The molecule has 0 saturated carbocycles. The zero-order chi connectivity index (χ0) is 21.4. The van der Waals surface area contributed by atoms with Gasteiger partial charge in [0.25, 0.3) is 5.91 Å². The minimum Gasteiger partial charge on any atom is -0.490 e. The van der Waals surface area contributed by atoms with Gasteiger partial charge in [0.05, 0.1) is 6.61 Å². The van der Waals surface area contributed by atoms with E-state index in [2.05, 4.69) is 27.2 Å². The topological polar surface area (TPSA) is 71.3 Å². The van der Waals surface area contributed by atoms with Crippen molar-refractivity contribution < 1.29 is 14.3 Å². The van der Waals surface area contributed by atoms with E-state index in [1.165, 1.54) is 6.08 Å². The van der Waals surface area contributed by atoms with E-state index in [4.69, 9.17) is 15.9 Å².